The number of hydrogen-bond donors (Lipinski definition) is 4. The van der Waals surface area contributed by atoms with Crippen molar-refractivity contribution < 1.29 is 4.79 Å². The fourth-order valence-electron chi connectivity index (χ4n) is 1.12. The van der Waals surface area contributed by atoms with Crippen molar-refractivity contribution in [3.05, 3.63) is 0 Å². The summed E-state index contributed by atoms with van der Waals surface area (Å²) in [7, 11) is 0. The van der Waals surface area contributed by atoms with Crippen LogP contribution in [0.3, 0.4) is 0 Å². The van der Waals surface area contributed by atoms with Gasteiger partial charge in [-0.15, -0.1) is 0 Å². The second-order valence-corrected chi connectivity index (χ2v) is 3.93. The maximum absolute atomic E-state index is 11.5. The van der Waals surface area contributed by atoms with Crippen LogP contribution in [0.5, 0.6) is 0 Å². The lowest BCUT2D eigenvalue weighted by Gasteiger charge is -2.12. The molecule has 1 atom stereocenters. The lowest BCUT2D eigenvalue weighted by molar-refractivity contribution is -0.121. The Hall–Kier alpha value is -1.30. The number of hydrogen-bond acceptors (Lipinski definition) is 3. The fourth-order valence-corrected chi connectivity index (χ4v) is 1.12. The molecule has 5 N–H and O–H groups in total. The van der Waals surface area contributed by atoms with Crippen LogP contribution in [-0.4, -0.2) is 31.0 Å². The summed E-state index contributed by atoms with van der Waals surface area (Å²) in [6.07, 6.45) is 2.31. The van der Waals surface area contributed by atoms with Crippen molar-refractivity contribution in [2.45, 2.75) is 46.1 Å². The van der Waals surface area contributed by atoms with Crippen LogP contribution in [0, 0.1) is 0 Å². The molecule has 0 aliphatic heterocycles. The maximum atomic E-state index is 11.5. The SMILES string of the molecule is CCCN=C(NN)NCCC(=O)NC(C)CC. The van der Waals surface area contributed by atoms with Crippen LogP contribution in [0.4, 0.5) is 0 Å². The summed E-state index contributed by atoms with van der Waals surface area (Å²) < 4.78 is 0. The van der Waals surface area contributed by atoms with Gasteiger partial charge in [-0.2, -0.15) is 0 Å². The Labute approximate surface area is 103 Å². The van der Waals surface area contributed by atoms with Gasteiger partial charge in [-0.25, -0.2) is 5.84 Å². The molecule has 0 aromatic carbocycles. The van der Waals surface area contributed by atoms with Crippen molar-refractivity contribution in [2.24, 2.45) is 10.8 Å². The number of nitrogens with zero attached hydrogens (tertiary/aromatic N) is 1. The van der Waals surface area contributed by atoms with Crippen LogP contribution >= 0.6 is 0 Å². The van der Waals surface area contributed by atoms with Gasteiger partial charge in [0.15, 0.2) is 0 Å². The van der Waals surface area contributed by atoms with Crippen molar-refractivity contribution in [2.75, 3.05) is 13.1 Å². The summed E-state index contributed by atoms with van der Waals surface area (Å²) in [6.45, 7) is 7.30. The smallest absolute Gasteiger partial charge is 0.221 e. The van der Waals surface area contributed by atoms with Gasteiger partial charge in [0.05, 0.1) is 0 Å². The van der Waals surface area contributed by atoms with Gasteiger partial charge in [-0.3, -0.25) is 15.2 Å². The zero-order chi connectivity index (χ0) is 13.1. The molecule has 1 amide bonds. The Bertz CT molecular complexity index is 242. The third kappa shape index (κ3) is 8.50. The molecule has 0 saturated heterocycles. The molecule has 0 fully saturated rings. The molecule has 0 heterocycles. The summed E-state index contributed by atoms with van der Waals surface area (Å²) in [4.78, 5) is 15.6. The van der Waals surface area contributed by atoms with E-state index in [1.165, 1.54) is 0 Å². The third-order valence-corrected chi connectivity index (χ3v) is 2.29. The lowest BCUT2D eigenvalue weighted by atomic mass is 10.2. The molecule has 6 heteroatoms. The predicted octanol–water partition coefficient (Wildman–Crippen LogP) is 0.110. The average molecular weight is 243 g/mol. The Kier molecular flexibility index (Phi) is 9.14. The van der Waals surface area contributed by atoms with Gasteiger partial charge >= 0.3 is 0 Å². The molecular weight excluding hydrogens is 218 g/mol. The van der Waals surface area contributed by atoms with E-state index in [9.17, 15) is 4.79 Å². The van der Waals surface area contributed by atoms with Crippen LogP contribution < -0.4 is 21.9 Å². The molecule has 0 spiro atoms. The Balaban J connectivity index is 3.77. The summed E-state index contributed by atoms with van der Waals surface area (Å²) >= 11 is 0. The van der Waals surface area contributed by atoms with E-state index in [2.05, 4.69) is 21.1 Å². The number of carbonyl (C=O) groups excluding carboxylic acids is 1. The summed E-state index contributed by atoms with van der Waals surface area (Å²) in [5, 5.41) is 5.87. The van der Waals surface area contributed by atoms with E-state index < -0.39 is 0 Å². The quantitative estimate of drug-likeness (QED) is 0.221. The summed E-state index contributed by atoms with van der Waals surface area (Å²) in [6, 6.07) is 0.225. The summed E-state index contributed by atoms with van der Waals surface area (Å²) in [5.41, 5.74) is 2.47. The van der Waals surface area contributed by atoms with Gasteiger partial charge in [0.1, 0.15) is 0 Å². The van der Waals surface area contributed by atoms with E-state index >= 15 is 0 Å². The maximum Gasteiger partial charge on any atom is 0.221 e. The van der Waals surface area contributed by atoms with Gasteiger partial charge in [-0.1, -0.05) is 13.8 Å². The molecule has 0 aliphatic carbocycles. The van der Waals surface area contributed by atoms with Gasteiger partial charge in [0, 0.05) is 25.6 Å². The molecule has 17 heavy (non-hydrogen) atoms. The van der Waals surface area contributed by atoms with E-state index in [1.807, 2.05) is 20.8 Å². The molecule has 0 rings (SSSR count). The first kappa shape index (κ1) is 15.7. The van der Waals surface area contributed by atoms with Crippen molar-refractivity contribution in [1.82, 2.24) is 16.1 Å². The average Bonchev–Trinajstić information content (AvgIpc) is 2.33. The second-order valence-electron chi connectivity index (χ2n) is 3.93. The predicted molar refractivity (Wildman–Crippen MR) is 70.4 cm³/mol. The molecule has 0 aliphatic rings. The van der Waals surface area contributed by atoms with Gasteiger partial charge in [-0.05, 0) is 19.8 Å². The molecular formula is C11H25N5O. The minimum Gasteiger partial charge on any atom is -0.355 e. The number of hydrazine groups is 1. The van der Waals surface area contributed by atoms with Crippen molar-refractivity contribution >= 4 is 11.9 Å². The Morgan fingerprint density at radius 3 is 2.65 bits per heavy atom. The number of guanidine groups is 1. The fraction of sp³-hybridized carbons (Fsp3) is 0.818. The highest BCUT2D eigenvalue weighted by atomic mass is 16.1. The van der Waals surface area contributed by atoms with E-state index in [0.717, 1.165) is 12.8 Å². The molecule has 0 radical (unpaired) electrons. The van der Waals surface area contributed by atoms with Crippen LogP contribution in [-0.2, 0) is 4.79 Å². The number of aliphatic imine (C=N–C) groups is 1. The molecule has 1 unspecified atom stereocenters. The first-order valence-corrected chi connectivity index (χ1v) is 6.18. The zero-order valence-electron chi connectivity index (χ0n) is 11.0. The molecule has 0 saturated carbocycles. The van der Waals surface area contributed by atoms with E-state index in [4.69, 9.17) is 5.84 Å². The molecule has 0 aromatic heterocycles. The van der Waals surface area contributed by atoms with Crippen LogP contribution in [0.15, 0.2) is 4.99 Å². The highest BCUT2D eigenvalue weighted by Crippen LogP contribution is 1.89. The third-order valence-electron chi connectivity index (χ3n) is 2.29. The normalized spacial score (nSPS) is 13.1. The van der Waals surface area contributed by atoms with Crippen molar-refractivity contribution in [1.29, 1.82) is 0 Å². The summed E-state index contributed by atoms with van der Waals surface area (Å²) in [5.74, 6) is 5.86. The molecule has 6 nitrogen and oxygen atoms in total. The molecule has 100 valence electrons. The minimum absolute atomic E-state index is 0.0405. The van der Waals surface area contributed by atoms with E-state index in [0.29, 0.717) is 25.5 Å². The van der Waals surface area contributed by atoms with Crippen LogP contribution in [0.1, 0.15) is 40.0 Å². The number of rotatable bonds is 7. The van der Waals surface area contributed by atoms with Gasteiger partial charge < -0.3 is 10.6 Å². The second kappa shape index (κ2) is 9.89. The zero-order valence-corrected chi connectivity index (χ0v) is 11.0. The highest BCUT2D eigenvalue weighted by Gasteiger charge is 2.05. The largest absolute Gasteiger partial charge is 0.355 e. The Morgan fingerprint density at radius 2 is 2.12 bits per heavy atom. The number of carbonyl (C=O) groups is 1. The van der Waals surface area contributed by atoms with Crippen molar-refractivity contribution in [3.63, 3.8) is 0 Å². The topological polar surface area (TPSA) is 91.5 Å². The molecule has 0 aromatic rings. The minimum atomic E-state index is 0.0405. The number of nitrogens with one attached hydrogen (secondary N) is 3. The monoisotopic (exact) mass is 243 g/mol. The highest BCUT2D eigenvalue weighted by molar-refractivity contribution is 5.80. The van der Waals surface area contributed by atoms with Crippen molar-refractivity contribution in [3.8, 4) is 0 Å². The van der Waals surface area contributed by atoms with E-state index in [-0.39, 0.29) is 11.9 Å². The standard InChI is InChI=1S/C11H25N5O/c1-4-7-13-11(16-12)14-8-6-10(17)15-9(3)5-2/h9H,4-8,12H2,1-3H3,(H,15,17)(H2,13,14,16). The molecule has 0 bridgehead atoms. The number of amides is 1. The number of nitrogens with two attached hydrogens (primary N) is 1. The van der Waals surface area contributed by atoms with Gasteiger partial charge in [0.2, 0.25) is 11.9 Å². The van der Waals surface area contributed by atoms with Gasteiger partial charge in [0.25, 0.3) is 0 Å². The van der Waals surface area contributed by atoms with Crippen LogP contribution in [0.2, 0.25) is 0 Å². The first-order valence-electron chi connectivity index (χ1n) is 6.18. The lowest BCUT2D eigenvalue weighted by Crippen LogP contribution is -2.43. The Morgan fingerprint density at radius 1 is 1.41 bits per heavy atom. The first-order chi connectivity index (χ1) is 8.13. The van der Waals surface area contributed by atoms with Crippen LogP contribution in [0.25, 0.3) is 0 Å². The van der Waals surface area contributed by atoms with E-state index in [1.54, 1.807) is 0 Å².